The van der Waals surface area contributed by atoms with Gasteiger partial charge in [-0.2, -0.15) is 9.97 Å². The van der Waals surface area contributed by atoms with Gasteiger partial charge in [-0.25, -0.2) is 0 Å². The van der Waals surface area contributed by atoms with Gasteiger partial charge >= 0.3 is 0 Å². The second kappa shape index (κ2) is 4.42. The maximum atomic E-state index is 6.28. The lowest BCUT2D eigenvalue weighted by atomic mass is 9.86. The molecule has 124 valence electrons. The smallest absolute Gasteiger partial charge is 0.226 e. The van der Waals surface area contributed by atoms with E-state index in [-0.39, 0.29) is 17.8 Å². The minimum atomic E-state index is -0.288. The molecule has 1 aromatic rings. The summed E-state index contributed by atoms with van der Waals surface area (Å²) >= 11 is 6.28. The average Bonchev–Trinajstić information content (AvgIpc) is 3.13. The van der Waals surface area contributed by atoms with Crippen molar-refractivity contribution in [2.24, 2.45) is 5.92 Å². The average molecular weight is 336 g/mol. The normalized spacial score (nSPS) is 36.3. The van der Waals surface area contributed by atoms with Crippen LogP contribution in [0.3, 0.4) is 0 Å². The first-order chi connectivity index (χ1) is 10.9. The summed E-state index contributed by atoms with van der Waals surface area (Å²) in [6.45, 7) is 8.19. The third kappa shape index (κ3) is 1.85. The highest BCUT2D eigenvalue weighted by Crippen LogP contribution is 2.50. The second-order valence-corrected chi connectivity index (χ2v) is 8.21. The number of halogens is 1. The van der Waals surface area contributed by atoms with Gasteiger partial charge in [-0.15, -0.1) is 0 Å². The highest BCUT2D eigenvalue weighted by molar-refractivity contribution is 6.28. The minimum Gasteiger partial charge on any atom is -0.369 e. The summed E-state index contributed by atoms with van der Waals surface area (Å²) in [6, 6.07) is 0.879. The summed E-state index contributed by atoms with van der Waals surface area (Å²) in [6.07, 6.45) is 2.63. The quantitative estimate of drug-likeness (QED) is 0.796. The molecule has 2 unspecified atom stereocenters. The van der Waals surface area contributed by atoms with Gasteiger partial charge in [-0.05, 0) is 51.1 Å². The van der Waals surface area contributed by atoms with E-state index < -0.39 is 0 Å². The Hall–Kier alpha value is -1.27. The molecule has 6 rings (SSSR count). The summed E-state index contributed by atoms with van der Waals surface area (Å²) in [5.74, 6) is 2.73. The lowest BCUT2D eigenvalue weighted by molar-refractivity contribution is -0.0631. The van der Waals surface area contributed by atoms with E-state index in [1.165, 1.54) is 12.8 Å². The van der Waals surface area contributed by atoms with E-state index in [1.807, 2.05) is 0 Å². The Labute approximate surface area is 141 Å². The molecule has 5 aliphatic rings. The Balaban J connectivity index is 1.62. The number of fused-ring (bicyclic) bond motifs is 4. The molecule has 7 heteroatoms. The number of rotatable bonds is 1. The van der Waals surface area contributed by atoms with Gasteiger partial charge in [0.2, 0.25) is 5.28 Å². The molecule has 0 radical (unpaired) electrons. The van der Waals surface area contributed by atoms with Crippen molar-refractivity contribution >= 4 is 28.9 Å². The van der Waals surface area contributed by atoms with Gasteiger partial charge in [0.15, 0.2) is 11.6 Å². The molecule has 1 aliphatic carbocycles. The molecule has 5 heterocycles. The standard InChI is InChI=1S/C16H22ClN5O/c1-8-7-23-16(2,3)14-18-11-12(21-6-9-4-10(21)5-9)19-15(17)20-13(11)22(8)14/h8-10,14,18H,4-7H2,1-3H3. The summed E-state index contributed by atoms with van der Waals surface area (Å²) in [4.78, 5) is 13.9. The number of ether oxygens (including phenoxy) is 1. The van der Waals surface area contributed by atoms with Crippen molar-refractivity contribution in [1.82, 2.24) is 9.97 Å². The summed E-state index contributed by atoms with van der Waals surface area (Å²) < 4.78 is 6.05. The van der Waals surface area contributed by atoms with E-state index in [9.17, 15) is 0 Å². The Morgan fingerprint density at radius 2 is 2.00 bits per heavy atom. The Kier molecular flexibility index (Phi) is 2.71. The number of morpholine rings is 1. The van der Waals surface area contributed by atoms with E-state index in [0.29, 0.717) is 17.9 Å². The van der Waals surface area contributed by atoms with Gasteiger partial charge in [-0.3, -0.25) is 0 Å². The highest BCUT2D eigenvalue weighted by atomic mass is 35.5. The van der Waals surface area contributed by atoms with Crippen LogP contribution in [0, 0.1) is 5.92 Å². The molecule has 3 saturated heterocycles. The van der Waals surface area contributed by atoms with Gasteiger partial charge in [0.05, 0.1) is 12.6 Å². The number of nitrogens with zero attached hydrogens (tertiary/aromatic N) is 4. The molecule has 23 heavy (non-hydrogen) atoms. The third-order valence-corrected chi connectivity index (χ3v) is 6.02. The summed E-state index contributed by atoms with van der Waals surface area (Å²) in [5, 5.41) is 3.98. The van der Waals surface area contributed by atoms with Crippen LogP contribution in [0.2, 0.25) is 5.28 Å². The molecule has 4 aliphatic heterocycles. The van der Waals surface area contributed by atoms with Crippen LogP contribution in [-0.4, -0.2) is 47.0 Å². The van der Waals surface area contributed by atoms with E-state index in [0.717, 1.165) is 29.8 Å². The SMILES string of the molecule is CC1COC(C)(C)C2Nc3c(N4CC5CC4C5)nc(Cl)nc3N12. The van der Waals surface area contributed by atoms with Crippen LogP contribution in [0.25, 0.3) is 0 Å². The Morgan fingerprint density at radius 1 is 1.26 bits per heavy atom. The van der Waals surface area contributed by atoms with Crippen molar-refractivity contribution in [1.29, 1.82) is 0 Å². The molecule has 2 atom stereocenters. The first-order valence-corrected chi connectivity index (χ1v) is 8.85. The zero-order chi connectivity index (χ0) is 15.9. The van der Waals surface area contributed by atoms with Gasteiger partial charge in [0, 0.05) is 12.6 Å². The number of nitrogens with one attached hydrogen (secondary N) is 1. The first kappa shape index (κ1) is 14.1. The monoisotopic (exact) mass is 335 g/mol. The van der Waals surface area contributed by atoms with Crippen LogP contribution in [0.15, 0.2) is 0 Å². The molecule has 1 N–H and O–H groups in total. The van der Waals surface area contributed by atoms with Crippen molar-refractivity contribution in [2.75, 3.05) is 28.3 Å². The van der Waals surface area contributed by atoms with Crippen molar-refractivity contribution in [3.05, 3.63) is 5.28 Å². The number of hydrogen-bond acceptors (Lipinski definition) is 6. The second-order valence-electron chi connectivity index (χ2n) is 7.88. The van der Waals surface area contributed by atoms with E-state index in [2.05, 4.69) is 45.9 Å². The maximum Gasteiger partial charge on any atom is 0.226 e. The topological polar surface area (TPSA) is 53.5 Å². The predicted molar refractivity (Wildman–Crippen MR) is 90.3 cm³/mol. The zero-order valence-corrected chi connectivity index (χ0v) is 14.5. The van der Waals surface area contributed by atoms with Crippen molar-refractivity contribution in [3.63, 3.8) is 0 Å². The Bertz CT molecular complexity index is 675. The lowest BCUT2D eigenvalue weighted by Gasteiger charge is -2.46. The van der Waals surface area contributed by atoms with E-state index >= 15 is 0 Å². The molecule has 6 nitrogen and oxygen atoms in total. The number of anilines is 3. The first-order valence-electron chi connectivity index (χ1n) is 8.47. The number of aromatic nitrogens is 2. The highest BCUT2D eigenvalue weighted by Gasteiger charge is 2.50. The minimum absolute atomic E-state index is 0.0605. The van der Waals surface area contributed by atoms with E-state index in [4.69, 9.17) is 16.3 Å². The van der Waals surface area contributed by atoms with Gasteiger partial charge in [-0.1, -0.05) is 0 Å². The molecular weight excluding hydrogens is 314 g/mol. The van der Waals surface area contributed by atoms with Crippen LogP contribution in [0.1, 0.15) is 33.6 Å². The Morgan fingerprint density at radius 3 is 2.70 bits per heavy atom. The van der Waals surface area contributed by atoms with Gasteiger partial charge in [0.1, 0.15) is 17.5 Å². The molecule has 0 aromatic carbocycles. The molecule has 2 bridgehead atoms. The van der Waals surface area contributed by atoms with Crippen LogP contribution in [0.5, 0.6) is 0 Å². The number of hydrogen-bond donors (Lipinski definition) is 1. The van der Waals surface area contributed by atoms with Gasteiger partial charge < -0.3 is 19.9 Å². The van der Waals surface area contributed by atoms with E-state index in [1.54, 1.807) is 0 Å². The predicted octanol–water partition coefficient (Wildman–Crippen LogP) is 2.48. The van der Waals surface area contributed by atoms with Crippen LogP contribution in [0.4, 0.5) is 17.3 Å². The fraction of sp³-hybridized carbons (Fsp3) is 0.750. The maximum absolute atomic E-state index is 6.28. The van der Waals surface area contributed by atoms with Crippen molar-refractivity contribution < 1.29 is 4.74 Å². The lowest BCUT2D eigenvalue weighted by Crippen LogP contribution is -2.61. The summed E-state index contributed by atoms with van der Waals surface area (Å²) in [5.41, 5.74) is 0.738. The molecule has 1 aromatic heterocycles. The third-order valence-electron chi connectivity index (χ3n) is 5.86. The van der Waals surface area contributed by atoms with Crippen LogP contribution in [-0.2, 0) is 4.74 Å². The fourth-order valence-electron chi connectivity index (χ4n) is 4.52. The van der Waals surface area contributed by atoms with Crippen LogP contribution < -0.4 is 15.1 Å². The summed E-state index contributed by atoms with van der Waals surface area (Å²) in [7, 11) is 0. The fourth-order valence-corrected chi connectivity index (χ4v) is 4.68. The van der Waals surface area contributed by atoms with Crippen molar-refractivity contribution in [2.45, 2.75) is 57.5 Å². The zero-order valence-electron chi connectivity index (χ0n) is 13.7. The molecular formula is C16H22ClN5O. The molecule has 0 amide bonds. The van der Waals surface area contributed by atoms with Crippen LogP contribution >= 0.6 is 11.6 Å². The molecule has 4 fully saturated rings. The van der Waals surface area contributed by atoms with Crippen molar-refractivity contribution in [3.8, 4) is 0 Å². The largest absolute Gasteiger partial charge is 0.369 e. The van der Waals surface area contributed by atoms with Gasteiger partial charge in [0.25, 0.3) is 0 Å². The molecule has 1 saturated carbocycles. The molecule has 0 spiro atoms.